The van der Waals surface area contributed by atoms with Gasteiger partial charge in [0.25, 0.3) is 0 Å². The molecule has 0 heterocycles. The Morgan fingerprint density at radius 2 is 2.12 bits per heavy atom. The van der Waals surface area contributed by atoms with E-state index in [0.717, 1.165) is 11.3 Å². The summed E-state index contributed by atoms with van der Waals surface area (Å²) in [6.45, 7) is 7.11. The molecule has 1 fully saturated rings. The van der Waals surface area contributed by atoms with E-state index in [2.05, 4.69) is 18.7 Å². The average molecular weight is 217 g/mol. The summed E-state index contributed by atoms with van der Waals surface area (Å²) in [6.07, 6.45) is 2.36. The molecule has 2 nitrogen and oxygen atoms in total. The summed E-state index contributed by atoms with van der Waals surface area (Å²) in [7, 11) is 0. The fourth-order valence-electron chi connectivity index (χ4n) is 1.97. The van der Waals surface area contributed by atoms with Crippen molar-refractivity contribution in [3.8, 4) is 5.75 Å². The Morgan fingerprint density at radius 3 is 2.69 bits per heavy atom. The highest BCUT2D eigenvalue weighted by Gasteiger charge is 2.44. The molecule has 1 saturated carbocycles. The minimum atomic E-state index is 0.186. The Labute approximate surface area is 97.1 Å². The molecular formula is C14H19NO. The lowest BCUT2D eigenvalue weighted by Gasteiger charge is -2.18. The van der Waals surface area contributed by atoms with Gasteiger partial charge in [-0.05, 0) is 31.4 Å². The van der Waals surface area contributed by atoms with Gasteiger partial charge in [-0.15, -0.1) is 0 Å². The van der Waals surface area contributed by atoms with Crippen LogP contribution in [-0.4, -0.2) is 13.2 Å². The first kappa shape index (κ1) is 11.2. The molecule has 86 valence electrons. The molecule has 1 aliphatic carbocycles. The highest BCUT2D eigenvalue weighted by atomic mass is 16.5. The second kappa shape index (κ2) is 4.30. The van der Waals surface area contributed by atoms with E-state index in [9.17, 15) is 0 Å². The molecule has 0 aromatic heterocycles. The quantitative estimate of drug-likeness (QED) is 0.769. The van der Waals surface area contributed by atoms with Crippen LogP contribution in [-0.2, 0) is 5.41 Å². The number of nitrogens with two attached hydrogens (primary N) is 1. The zero-order chi connectivity index (χ0) is 11.6. The van der Waals surface area contributed by atoms with Crippen LogP contribution >= 0.6 is 0 Å². The van der Waals surface area contributed by atoms with E-state index in [0.29, 0.717) is 13.2 Å². The number of para-hydroxylation sites is 1. The van der Waals surface area contributed by atoms with Gasteiger partial charge < -0.3 is 10.5 Å². The van der Waals surface area contributed by atoms with Crippen LogP contribution in [0.1, 0.15) is 25.3 Å². The minimum Gasteiger partial charge on any atom is -0.489 e. The number of hydrogen-bond donors (Lipinski definition) is 1. The van der Waals surface area contributed by atoms with Crippen LogP contribution in [0.4, 0.5) is 0 Å². The summed E-state index contributed by atoms with van der Waals surface area (Å²) in [5.74, 6) is 0.966. The molecular weight excluding hydrogens is 198 g/mol. The van der Waals surface area contributed by atoms with Gasteiger partial charge in [-0.25, -0.2) is 0 Å². The minimum absolute atomic E-state index is 0.186. The maximum absolute atomic E-state index is 5.85. The van der Waals surface area contributed by atoms with Crippen molar-refractivity contribution in [1.82, 2.24) is 0 Å². The molecule has 2 N–H and O–H groups in total. The van der Waals surface area contributed by atoms with Gasteiger partial charge in [0.05, 0.1) is 0 Å². The van der Waals surface area contributed by atoms with Gasteiger partial charge in [-0.1, -0.05) is 24.8 Å². The molecule has 16 heavy (non-hydrogen) atoms. The Bertz CT molecular complexity index is 393. The maximum Gasteiger partial charge on any atom is 0.123 e. The third-order valence-electron chi connectivity index (χ3n) is 3.18. The Hall–Kier alpha value is -1.28. The molecule has 1 aromatic rings. The van der Waals surface area contributed by atoms with Gasteiger partial charge in [0.2, 0.25) is 0 Å². The summed E-state index contributed by atoms with van der Waals surface area (Å²) >= 11 is 0. The highest BCUT2D eigenvalue weighted by molar-refractivity contribution is 5.43. The maximum atomic E-state index is 5.85. The Balaban J connectivity index is 2.21. The van der Waals surface area contributed by atoms with Crippen molar-refractivity contribution in [2.45, 2.75) is 25.2 Å². The van der Waals surface area contributed by atoms with Gasteiger partial charge in [0.1, 0.15) is 12.4 Å². The van der Waals surface area contributed by atoms with Crippen molar-refractivity contribution in [3.63, 3.8) is 0 Å². The zero-order valence-corrected chi connectivity index (χ0v) is 9.83. The normalized spacial score (nSPS) is 16.9. The molecule has 1 aromatic carbocycles. The number of rotatable bonds is 5. The van der Waals surface area contributed by atoms with Crippen molar-refractivity contribution in [1.29, 1.82) is 0 Å². The topological polar surface area (TPSA) is 35.2 Å². The summed E-state index contributed by atoms with van der Waals surface area (Å²) in [4.78, 5) is 0. The molecule has 0 aliphatic heterocycles. The zero-order valence-electron chi connectivity index (χ0n) is 9.83. The van der Waals surface area contributed by atoms with Crippen molar-refractivity contribution in [2.75, 3.05) is 13.2 Å². The largest absolute Gasteiger partial charge is 0.489 e. The SMILES string of the molecule is C=C(C)COc1ccccc1C1(CN)CC1. The second-order valence-corrected chi connectivity index (χ2v) is 4.73. The first-order valence-electron chi connectivity index (χ1n) is 5.75. The average Bonchev–Trinajstić information content (AvgIpc) is 3.07. The third kappa shape index (κ3) is 2.12. The van der Waals surface area contributed by atoms with Crippen LogP contribution in [0, 0.1) is 0 Å². The molecule has 2 heteroatoms. The van der Waals surface area contributed by atoms with E-state index < -0.39 is 0 Å². The van der Waals surface area contributed by atoms with Crippen molar-refractivity contribution in [3.05, 3.63) is 42.0 Å². The summed E-state index contributed by atoms with van der Waals surface area (Å²) < 4.78 is 5.77. The van der Waals surface area contributed by atoms with E-state index in [1.807, 2.05) is 19.1 Å². The summed E-state index contributed by atoms with van der Waals surface area (Å²) in [5.41, 5.74) is 8.34. The first-order valence-corrected chi connectivity index (χ1v) is 5.75. The van der Waals surface area contributed by atoms with E-state index >= 15 is 0 Å². The van der Waals surface area contributed by atoms with Crippen molar-refractivity contribution >= 4 is 0 Å². The van der Waals surface area contributed by atoms with Crippen LogP contribution in [0.2, 0.25) is 0 Å². The molecule has 0 radical (unpaired) electrons. The molecule has 0 bridgehead atoms. The van der Waals surface area contributed by atoms with Gasteiger partial charge >= 0.3 is 0 Å². The predicted molar refractivity (Wildman–Crippen MR) is 66.7 cm³/mol. The first-order chi connectivity index (χ1) is 7.68. The highest BCUT2D eigenvalue weighted by Crippen LogP contribution is 2.50. The lowest BCUT2D eigenvalue weighted by molar-refractivity contribution is 0.345. The number of hydrogen-bond acceptors (Lipinski definition) is 2. The predicted octanol–water partition coefficient (Wildman–Crippen LogP) is 2.63. The van der Waals surface area contributed by atoms with Crippen molar-refractivity contribution in [2.24, 2.45) is 5.73 Å². The fraction of sp³-hybridized carbons (Fsp3) is 0.429. The van der Waals surface area contributed by atoms with Crippen molar-refractivity contribution < 1.29 is 4.74 Å². The standard InChI is InChI=1S/C14H19NO/c1-11(2)9-16-13-6-4-3-5-12(13)14(10-15)7-8-14/h3-6H,1,7-10,15H2,2H3. The molecule has 0 amide bonds. The van der Waals surface area contributed by atoms with E-state index in [-0.39, 0.29) is 5.41 Å². The van der Waals surface area contributed by atoms with Crippen LogP contribution in [0.15, 0.2) is 36.4 Å². The van der Waals surface area contributed by atoms with E-state index in [4.69, 9.17) is 10.5 Å². The van der Waals surface area contributed by atoms with Crippen LogP contribution in [0.3, 0.4) is 0 Å². The summed E-state index contributed by atoms with van der Waals surface area (Å²) in [6, 6.07) is 8.21. The Kier molecular flexibility index (Phi) is 3.01. The lowest BCUT2D eigenvalue weighted by atomic mass is 9.95. The summed E-state index contributed by atoms with van der Waals surface area (Å²) in [5, 5.41) is 0. The fourth-order valence-corrected chi connectivity index (χ4v) is 1.97. The molecule has 0 atom stereocenters. The Morgan fingerprint density at radius 1 is 1.44 bits per heavy atom. The van der Waals surface area contributed by atoms with Gasteiger partial charge in [0, 0.05) is 17.5 Å². The molecule has 0 saturated heterocycles. The third-order valence-corrected chi connectivity index (χ3v) is 3.18. The van der Waals surface area contributed by atoms with Crippen LogP contribution in [0.5, 0.6) is 5.75 Å². The second-order valence-electron chi connectivity index (χ2n) is 4.73. The van der Waals surface area contributed by atoms with E-state index in [1.54, 1.807) is 0 Å². The molecule has 0 spiro atoms. The van der Waals surface area contributed by atoms with Crippen LogP contribution in [0.25, 0.3) is 0 Å². The number of ether oxygens (including phenoxy) is 1. The van der Waals surface area contributed by atoms with Gasteiger partial charge in [0.15, 0.2) is 0 Å². The van der Waals surface area contributed by atoms with E-state index in [1.165, 1.54) is 18.4 Å². The number of benzene rings is 1. The molecule has 0 unspecified atom stereocenters. The lowest BCUT2D eigenvalue weighted by Crippen LogP contribution is -2.20. The molecule has 2 rings (SSSR count). The van der Waals surface area contributed by atoms with Gasteiger partial charge in [-0.2, -0.15) is 0 Å². The van der Waals surface area contributed by atoms with Gasteiger partial charge in [-0.3, -0.25) is 0 Å². The van der Waals surface area contributed by atoms with Crippen LogP contribution < -0.4 is 10.5 Å². The smallest absolute Gasteiger partial charge is 0.123 e. The molecule has 1 aliphatic rings. The monoisotopic (exact) mass is 217 g/mol.